The van der Waals surface area contributed by atoms with Gasteiger partial charge >= 0.3 is 5.69 Å². The van der Waals surface area contributed by atoms with Crippen LogP contribution in [0.3, 0.4) is 0 Å². The molecular weight excluding hydrogens is 260 g/mol. The van der Waals surface area contributed by atoms with E-state index >= 15 is 0 Å². The van der Waals surface area contributed by atoms with E-state index in [-0.39, 0.29) is 5.52 Å². The Bertz CT molecular complexity index is 881. The molecule has 3 heterocycles. The molecular formula is C13H14N4O3. The van der Waals surface area contributed by atoms with E-state index in [4.69, 9.17) is 4.42 Å². The zero-order chi connectivity index (χ0) is 14.3. The molecule has 0 aliphatic heterocycles. The van der Waals surface area contributed by atoms with Crippen LogP contribution in [0.2, 0.25) is 0 Å². The van der Waals surface area contributed by atoms with Crippen molar-refractivity contribution in [2.24, 2.45) is 0 Å². The lowest BCUT2D eigenvalue weighted by atomic mass is 10.3. The van der Waals surface area contributed by atoms with E-state index in [1.807, 2.05) is 19.9 Å². The number of hydrogen-bond donors (Lipinski definition) is 2. The summed E-state index contributed by atoms with van der Waals surface area (Å²) >= 11 is 0. The van der Waals surface area contributed by atoms with Gasteiger partial charge in [0, 0.05) is 6.54 Å². The maximum absolute atomic E-state index is 11.9. The minimum atomic E-state index is -0.472. The van der Waals surface area contributed by atoms with E-state index in [1.165, 1.54) is 4.57 Å². The first-order valence-electron chi connectivity index (χ1n) is 6.39. The SMILES string of the molecule is CCCn1c(=O)[nH]c(=O)c2[nH]c(-c3occc3C)nc21. The second kappa shape index (κ2) is 4.52. The van der Waals surface area contributed by atoms with Crippen molar-refractivity contribution in [3.8, 4) is 11.6 Å². The van der Waals surface area contributed by atoms with Crippen LogP contribution in [0.5, 0.6) is 0 Å². The van der Waals surface area contributed by atoms with E-state index in [0.717, 1.165) is 12.0 Å². The Kier molecular flexibility index (Phi) is 2.81. The normalized spacial score (nSPS) is 11.3. The van der Waals surface area contributed by atoms with Crippen LogP contribution in [-0.4, -0.2) is 19.5 Å². The van der Waals surface area contributed by atoms with Crippen molar-refractivity contribution in [2.45, 2.75) is 26.8 Å². The zero-order valence-corrected chi connectivity index (χ0v) is 11.2. The summed E-state index contributed by atoms with van der Waals surface area (Å²) in [6.07, 6.45) is 2.32. The molecule has 20 heavy (non-hydrogen) atoms. The standard InChI is InChI=1S/C13H14N4O3/c1-3-5-17-11-8(12(18)16-13(17)19)14-10(15-11)9-7(2)4-6-20-9/h4,6H,3,5H2,1-2H3,(H,14,15)(H,16,18,19). The van der Waals surface area contributed by atoms with Gasteiger partial charge in [-0.3, -0.25) is 14.3 Å². The van der Waals surface area contributed by atoms with Crippen molar-refractivity contribution in [2.75, 3.05) is 0 Å². The molecule has 7 nitrogen and oxygen atoms in total. The number of aromatic nitrogens is 4. The number of rotatable bonds is 3. The molecule has 104 valence electrons. The Morgan fingerprint density at radius 3 is 2.80 bits per heavy atom. The van der Waals surface area contributed by atoms with Crippen LogP contribution in [-0.2, 0) is 6.54 Å². The highest BCUT2D eigenvalue weighted by atomic mass is 16.3. The zero-order valence-electron chi connectivity index (χ0n) is 11.2. The molecule has 0 aliphatic carbocycles. The fraction of sp³-hybridized carbons (Fsp3) is 0.308. The van der Waals surface area contributed by atoms with Gasteiger partial charge in [0.05, 0.1) is 6.26 Å². The first-order valence-corrected chi connectivity index (χ1v) is 6.39. The minimum absolute atomic E-state index is 0.281. The number of furan rings is 1. The highest BCUT2D eigenvalue weighted by Crippen LogP contribution is 2.22. The second-order valence-electron chi connectivity index (χ2n) is 4.63. The Labute approximate surface area is 113 Å². The second-order valence-corrected chi connectivity index (χ2v) is 4.63. The highest BCUT2D eigenvalue weighted by molar-refractivity contribution is 5.74. The van der Waals surface area contributed by atoms with E-state index in [2.05, 4.69) is 15.0 Å². The van der Waals surface area contributed by atoms with Crippen LogP contribution in [0.4, 0.5) is 0 Å². The molecule has 0 fully saturated rings. The summed E-state index contributed by atoms with van der Waals surface area (Å²) < 4.78 is 6.81. The van der Waals surface area contributed by atoms with E-state index in [1.54, 1.807) is 6.26 Å². The molecule has 0 saturated carbocycles. The molecule has 0 saturated heterocycles. The fourth-order valence-corrected chi connectivity index (χ4v) is 2.19. The molecule has 3 rings (SSSR count). The number of aryl methyl sites for hydroxylation is 2. The summed E-state index contributed by atoms with van der Waals surface area (Å²) in [5.41, 5.74) is 0.624. The predicted molar refractivity (Wildman–Crippen MR) is 73.7 cm³/mol. The van der Waals surface area contributed by atoms with Crippen molar-refractivity contribution in [1.29, 1.82) is 0 Å². The monoisotopic (exact) mass is 274 g/mol. The van der Waals surface area contributed by atoms with Crippen LogP contribution < -0.4 is 11.2 Å². The number of H-pyrrole nitrogens is 2. The van der Waals surface area contributed by atoms with Gasteiger partial charge in [-0.2, -0.15) is 0 Å². The molecule has 0 unspecified atom stereocenters. The molecule has 0 aliphatic rings. The van der Waals surface area contributed by atoms with Crippen LogP contribution in [0.1, 0.15) is 18.9 Å². The van der Waals surface area contributed by atoms with Crippen molar-refractivity contribution >= 4 is 11.2 Å². The fourth-order valence-electron chi connectivity index (χ4n) is 2.19. The van der Waals surface area contributed by atoms with Gasteiger partial charge in [-0.05, 0) is 25.0 Å². The third-order valence-electron chi connectivity index (χ3n) is 3.16. The number of aromatic amines is 2. The molecule has 0 aromatic carbocycles. The number of imidazole rings is 1. The van der Waals surface area contributed by atoms with E-state index in [9.17, 15) is 9.59 Å². The molecule has 3 aromatic heterocycles. The van der Waals surface area contributed by atoms with Crippen LogP contribution in [0.15, 0.2) is 26.3 Å². The number of nitrogens with one attached hydrogen (secondary N) is 2. The molecule has 0 amide bonds. The number of nitrogens with zero attached hydrogens (tertiary/aromatic N) is 2. The van der Waals surface area contributed by atoms with Crippen LogP contribution in [0.25, 0.3) is 22.7 Å². The molecule has 0 bridgehead atoms. The topological polar surface area (TPSA) is 96.7 Å². The largest absolute Gasteiger partial charge is 0.461 e. The van der Waals surface area contributed by atoms with Crippen LogP contribution in [0, 0.1) is 6.92 Å². The smallest absolute Gasteiger partial charge is 0.330 e. The molecule has 0 radical (unpaired) electrons. The molecule has 0 spiro atoms. The summed E-state index contributed by atoms with van der Waals surface area (Å²) in [6, 6.07) is 1.81. The summed E-state index contributed by atoms with van der Waals surface area (Å²) in [6.45, 7) is 4.33. The van der Waals surface area contributed by atoms with Crippen molar-refractivity contribution < 1.29 is 4.42 Å². The third-order valence-corrected chi connectivity index (χ3v) is 3.16. The maximum Gasteiger partial charge on any atom is 0.330 e. The lowest BCUT2D eigenvalue weighted by Gasteiger charge is -2.02. The average Bonchev–Trinajstić information content (AvgIpc) is 3.00. The van der Waals surface area contributed by atoms with Gasteiger partial charge in [0.25, 0.3) is 5.56 Å². The van der Waals surface area contributed by atoms with Gasteiger partial charge in [-0.15, -0.1) is 0 Å². The Balaban J connectivity index is 2.33. The van der Waals surface area contributed by atoms with Gasteiger partial charge < -0.3 is 9.40 Å². The van der Waals surface area contributed by atoms with Crippen molar-refractivity contribution in [3.63, 3.8) is 0 Å². The minimum Gasteiger partial charge on any atom is -0.461 e. The number of hydrogen-bond acceptors (Lipinski definition) is 4. The van der Waals surface area contributed by atoms with E-state index in [0.29, 0.717) is 23.8 Å². The number of fused-ring (bicyclic) bond motifs is 1. The summed E-state index contributed by atoms with van der Waals surface area (Å²) in [4.78, 5) is 33.3. The van der Waals surface area contributed by atoms with Gasteiger partial charge in [-0.1, -0.05) is 6.92 Å². The van der Waals surface area contributed by atoms with Crippen molar-refractivity contribution in [1.82, 2.24) is 19.5 Å². The van der Waals surface area contributed by atoms with Gasteiger partial charge in [0.1, 0.15) is 5.52 Å². The Hall–Kier alpha value is -2.57. The Morgan fingerprint density at radius 2 is 2.15 bits per heavy atom. The molecule has 7 heteroatoms. The van der Waals surface area contributed by atoms with E-state index < -0.39 is 11.2 Å². The maximum atomic E-state index is 11.9. The van der Waals surface area contributed by atoms with Crippen LogP contribution >= 0.6 is 0 Å². The summed E-state index contributed by atoms with van der Waals surface area (Å²) in [5.74, 6) is 1.01. The van der Waals surface area contributed by atoms with Gasteiger partial charge in [-0.25, -0.2) is 9.78 Å². The lowest BCUT2D eigenvalue weighted by Crippen LogP contribution is -2.30. The Morgan fingerprint density at radius 1 is 1.35 bits per heavy atom. The van der Waals surface area contributed by atoms with Gasteiger partial charge in [0.15, 0.2) is 17.2 Å². The molecule has 2 N–H and O–H groups in total. The van der Waals surface area contributed by atoms with Crippen molar-refractivity contribution in [3.05, 3.63) is 38.7 Å². The first-order chi connectivity index (χ1) is 9.61. The summed E-state index contributed by atoms with van der Waals surface area (Å²) in [7, 11) is 0. The third kappa shape index (κ3) is 1.78. The molecule has 0 atom stereocenters. The molecule has 3 aromatic rings. The average molecular weight is 274 g/mol. The quantitative estimate of drug-likeness (QED) is 0.754. The first kappa shape index (κ1) is 12.5. The lowest BCUT2D eigenvalue weighted by molar-refractivity contribution is 0.576. The summed E-state index contributed by atoms with van der Waals surface area (Å²) in [5, 5.41) is 0. The highest BCUT2D eigenvalue weighted by Gasteiger charge is 2.16. The van der Waals surface area contributed by atoms with Gasteiger partial charge in [0.2, 0.25) is 0 Å². The predicted octanol–water partition coefficient (Wildman–Crippen LogP) is 1.39.